The maximum Gasteiger partial charge on any atom is 0.0991 e. The van der Waals surface area contributed by atoms with E-state index in [0.717, 1.165) is 5.56 Å². The summed E-state index contributed by atoms with van der Waals surface area (Å²) in [5.74, 6) is 0. The Balaban J connectivity index is 2.36. The highest BCUT2D eigenvalue weighted by Gasteiger charge is 2.35. The first-order valence-electron chi connectivity index (χ1n) is 6.20. The number of hydrogen-bond acceptors (Lipinski definition) is 1. The third-order valence-electron chi connectivity index (χ3n) is 3.96. The van der Waals surface area contributed by atoms with Gasteiger partial charge in [-0.05, 0) is 41.3 Å². The third-order valence-corrected chi connectivity index (χ3v) is 3.96. The molecule has 0 radical (unpaired) electrons. The number of aryl methyl sites for hydroxylation is 1. The topological polar surface area (TPSA) is 23.8 Å². The van der Waals surface area contributed by atoms with Crippen molar-refractivity contribution in [2.45, 2.75) is 26.2 Å². The van der Waals surface area contributed by atoms with Gasteiger partial charge in [-0.15, -0.1) is 0 Å². The monoisotopic (exact) mass is 233 g/mol. The number of rotatable bonds is 0. The van der Waals surface area contributed by atoms with Crippen LogP contribution in [0.25, 0.3) is 11.1 Å². The molecule has 18 heavy (non-hydrogen) atoms. The van der Waals surface area contributed by atoms with E-state index in [1.54, 1.807) is 0 Å². The quantitative estimate of drug-likeness (QED) is 0.670. The summed E-state index contributed by atoms with van der Waals surface area (Å²) in [6.07, 6.45) is 0. The molecule has 0 bridgehead atoms. The van der Waals surface area contributed by atoms with Crippen LogP contribution in [0.3, 0.4) is 0 Å². The van der Waals surface area contributed by atoms with E-state index in [1.807, 2.05) is 12.1 Å². The number of fused-ring (bicyclic) bond motifs is 3. The maximum absolute atomic E-state index is 9.05. The predicted molar refractivity (Wildman–Crippen MR) is 73.5 cm³/mol. The van der Waals surface area contributed by atoms with Gasteiger partial charge >= 0.3 is 0 Å². The van der Waals surface area contributed by atoms with Gasteiger partial charge in [0.1, 0.15) is 0 Å². The maximum atomic E-state index is 9.05. The summed E-state index contributed by atoms with van der Waals surface area (Å²) in [6, 6.07) is 14.9. The molecule has 0 saturated carbocycles. The van der Waals surface area contributed by atoms with Crippen LogP contribution < -0.4 is 0 Å². The fourth-order valence-corrected chi connectivity index (χ4v) is 2.94. The van der Waals surface area contributed by atoms with Crippen LogP contribution in [0.2, 0.25) is 0 Å². The van der Waals surface area contributed by atoms with Gasteiger partial charge < -0.3 is 0 Å². The Morgan fingerprint density at radius 2 is 1.72 bits per heavy atom. The van der Waals surface area contributed by atoms with Crippen molar-refractivity contribution in [1.29, 1.82) is 5.26 Å². The number of nitrogens with zero attached hydrogens (tertiary/aromatic N) is 1. The first-order valence-corrected chi connectivity index (χ1v) is 6.20. The summed E-state index contributed by atoms with van der Waals surface area (Å²) in [7, 11) is 0. The standard InChI is InChI=1S/C17H15N/c1-11-4-7-15-14(8-11)13-6-5-12(10-18)9-16(13)17(15,2)3/h4-9H,1-3H3. The van der Waals surface area contributed by atoms with Crippen LogP contribution in [0.1, 0.15) is 36.1 Å². The summed E-state index contributed by atoms with van der Waals surface area (Å²) >= 11 is 0. The highest BCUT2D eigenvalue weighted by molar-refractivity contribution is 5.81. The van der Waals surface area contributed by atoms with Gasteiger partial charge in [-0.1, -0.05) is 43.7 Å². The second-order valence-corrected chi connectivity index (χ2v) is 5.55. The second kappa shape index (κ2) is 3.46. The first-order chi connectivity index (χ1) is 8.54. The van der Waals surface area contributed by atoms with Gasteiger partial charge in [-0.25, -0.2) is 0 Å². The minimum atomic E-state index is -0.00870. The summed E-state index contributed by atoms with van der Waals surface area (Å²) in [5, 5.41) is 9.05. The van der Waals surface area contributed by atoms with Crippen molar-refractivity contribution < 1.29 is 0 Å². The molecule has 0 aliphatic heterocycles. The molecule has 0 spiro atoms. The zero-order chi connectivity index (χ0) is 12.9. The molecule has 88 valence electrons. The average Bonchev–Trinajstić information content (AvgIpc) is 2.58. The molecule has 0 heterocycles. The zero-order valence-corrected chi connectivity index (χ0v) is 10.9. The van der Waals surface area contributed by atoms with E-state index in [2.05, 4.69) is 51.1 Å². The smallest absolute Gasteiger partial charge is 0.0991 e. The summed E-state index contributed by atoms with van der Waals surface area (Å²) < 4.78 is 0. The van der Waals surface area contributed by atoms with Crippen molar-refractivity contribution in [2.75, 3.05) is 0 Å². The van der Waals surface area contributed by atoms with Crippen molar-refractivity contribution in [1.82, 2.24) is 0 Å². The SMILES string of the molecule is Cc1ccc2c(c1)-c1ccc(C#N)cc1C2(C)C. The molecule has 2 aromatic rings. The highest BCUT2D eigenvalue weighted by atomic mass is 14.4. The Bertz CT molecular complexity index is 687. The van der Waals surface area contributed by atoms with Gasteiger partial charge in [0.2, 0.25) is 0 Å². The normalized spacial score (nSPS) is 14.8. The summed E-state index contributed by atoms with van der Waals surface area (Å²) in [6.45, 7) is 6.58. The Hall–Kier alpha value is -2.07. The molecule has 3 rings (SSSR count). The van der Waals surface area contributed by atoms with E-state index >= 15 is 0 Å². The fourth-order valence-electron chi connectivity index (χ4n) is 2.94. The third kappa shape index (κ3) is 1.32. The van der Waals surface area contributed by atoms with Crippen molar-refractivity contribution >= 4 is 0 Å². The lowest BCUT2D eigenvalue weighted by molar-refractivity contribution is 0.660. The first kappa shape index (κ1) is 11.0. The Morgan fingerprint density at radius 3 is 2.44 bits per heavy atom. The van der Waals surface area contributed by atoms with Gasteiger partial charge in [-0.2, -0.15) is 5.26 Å². The van der Waals surface area contributed by atoms with E-state index in [0.29, 0.717) is 0 Å². The number of benzene rings is 2. The molecule has 0 N–H and O–H groups in total. The predicted octanol–water partition coefficient (Wildman–Crippen LogP) is 4.17. The van der Waals surface area contributed by atoms with Gasteiger partial charge in [0.05, 0.1) is 11.6 Å². The molecule has 2 aromatic carbocycles. The van der Waals surface area contributed by atoms with Crippen LogP contribution in [0, 0.1) is 18.3 Å². The van der Waals surface area contributed by atoms with E-state index in [4.69, 9.17) is 5.26 Å². The average molecular weight is 233 g/mol. The van der Waals surface area contributed by atoms with Gasteiger partial charge in [0.25, 0.3) is 0 Å². The van der Waals surface area contributed by atoms with Crippen LogP contribution in [0.4, 0.5) is 0 Å². The van der Waals surface area contributed by atoms with Crippen LogP contribution in [-0.2, 0) is 5.41 Å². The molecular weight excluding hydrogens is 218 g/mol. The Labute approximate surface area is 108 Å². The van der Waals surface area contributed by atoms with Crippen LogP contribution in [-0.4, -0.2) is 0 Å². The van der Waals surface area contributed by atoms with Crippen LogP contribution in [0.5, 0.6) is 0 Å². The van der Waals surface area contributed by atoms with Crippen LogP contribution in [0.15, 0.2) is 36.4 Å². The Kier molecular flexibility index (Phi) is 2.12. The van der Waals surface area contributed by atoms with E-state index < -0.39 is 0 Å². The molecule has 0 saturated heterocycles. The molecule has 0 aromatic heterocycles. The van der Waals surface area contributed by atoms with Crippen molar-refractivity contribution in [3.8, 4) is 17.2 Å². The number of nitriles is 1. The molecule has 1 aliphatic rings. The largest absolute Gasteiger partial charge is 0.192 e. The molecule has 0 amide bonds. The van der Waals surface area contributed by atoms with E-state index in [-0.39, 0.29) is 5.41 Å². The van der Waals surface area contributed by atoms with E-state index in [9.17, 15) is 0 Å². The second-order valence-electron chi connectivity index (χ2n) is 5.55. The van der Waals surface area contributed by atoms with Crippen molar-refractivity contribution in [3.63, 3.8) is 0 Å². The van der Waals surface area contributed by atoms with Gasteiger partial charge in [0, 0.05) is 5.41 Å². The molecule has 0 fully saturated rings. The minimum Gasteiger partial charge on any atom is -0.192 e. The fraction of sp³-hybridized carbons (Fsp3) is 0.235. The molecule has 0 atom stereocenters. The molecule has 1 aliphatic carbocycles. The van der Waals surface area contributed by atoms with E-state index in [1.165, 1.54) is 27.8 Å². The van der Waals surface area contributed by atoms with Crippen molar-refractivity contribution in [2.24, 2.45) is 0 Å². The molecule has 1 nitrogen and oxygen atoms in total. The zero-order valence-electron chi connectivity index (χ0n) is 10.9. The Morgan fingerprint density at radius 1 is 0.944 bits per heavy atom. The highest BCUT2D eigenvalue weighted by Crippen LogP contribution is 2.48. The lowest BCUT2D eigenvalue weighted by atomic mass is 9.82. The van der Waals surface area contributed by atoms with Crippen molar-refractivity contribution in [3.05, 3.63) is 58.7 Å². The molecular formula is C17H15N. The molecule has 0 unspecified atom stereocenters. The van der Waals surface area contributed by atoms with Crippen LogP contribution >= 0.6 is 0 Å². The number of hydrogen-bond donors (Lipinski definition) is 0. The molecule has 1 heteroatoms. The summed E-state index contributed by atoms with van der Waals surface area (Å²) in [5.41, 5.74) is 7.23. The lowest BCUT2D eigenvalue weighted by Gasteiger charge is -2.21. The van der Waals surface area contributed by atoms with Gasteiger partial charge in [-0.3, -0.25) is 0 Å². The minimum absolute atomic E-state index is 0.00870. The summed E-state index contributed by atoms with van der Waals surface area (Å²) in [4.78, 5) is 0. The lowest BCUT2D eigenvalue weighted by Crippen LogP contribution is -2.15. The van der Waals surface area contributed by atoms with Gasteiger partial charge in [0.15, 0.2) is 0 Å².